The second-order valence-electron chi connectivity index (χ2n) is 8.41. The molecule has 2 aromatic carbocycles. The van der Waals surface area contributed by atoms with Gasteiger partial charge in [0.2, 0.25) is 5.91 Å². The Labute approximate surface area is 201 Å². The van der Waals surface area contributed by atoms with Crippen LogP contribution in [-0.2, 0) is 22.6 Å². The van der Waals surface area contributed by atoms with E-state index in [-0.39, 0.29) is 25.0 Å². The maximum absolute atomic E-state index is 13.4. The minimum atomic E-state index is -0.342. The average molecular weight is 464 g/mol. The Morgan fingerprint density at radius 2 is 1.71 bits per heavy atom. The lowest BCUT2D eigenvalue weighted by molar-refractivity contribution is -0.133. The van der Waals surface area contributed by atoms with Crippen molar-refractivity contribution in [2.24, 2.45) is 0 Å². The first-order valence-corrected chi connectivity index (χ1v) is 11.3. The number of benzene rings is 2. The molecule has 0 spiro atoms. The Kier molecular flexibility index (Phi) is 8.87. The highest BCUT2D eigenvalue weighted by Crippen LogP contribution is 2.17. The van der Waals surface area contributed by atoms with Gasteiger partial charge in [0.1, 0.15) is 18.1 Å². The molecule has 0 atom stereocenters. The van der Waals surface area contributed by atoms with Gasteiger partial charge >= 0.3 is 6.03 Å². The summed E-state index contributed by atoms with van der Waals surface area (Å²) in [5.74, 6) is 1.31. The maximum Gasteiger partial charge on any atom is 0.322 e. The first-order chi connectivity index (χ1) is 16.4. The standard InChI is InChI=1S/C27H33N3O4/c1-20-10-13-25(21(2)16-20)28-27(32)29(14-15-33-4)19-26(31)30(17-23-8-6-5-7-9-23)18-24-12-11-22(3)34-24/h5-13,16H,14-15,17-19H2,1-4H3,(H,28,32). The van der Waals surface area contributed by atoms with E-state index >= 15 is 0 Å². The number of nitrogens with zero attached hydrogens (tertiary/aromatic N) is 2. The molecular weight excluding hydrogens is 430 g/mol. The van der Waals surface area contributed by atoms with Crippen LogP contribution in [0.1, 0.15) is 28.2 Å². The van der Waals surface area contributed by atoms with Gasteiger partial charge < -0.3 is 24.3 Å². The summed E-state index contributed by atoms with van der Waals surface area (Å²) in [5.41, 5.74) is 3.80. The summed E-state index contributed by atoms with van der Waals surface area (Å²) < 4.78 is 10.9. The van der Waals surface area contributed by atoms with Gasteiger partial charge in [-0.2, -0.15) is 0 Å². The minimum Gasteiger partial charge on any atom is -0.464 e. The van der Waals surface area contributed by atoms with Gasteiger partial charge in [-0.25, -0.2) is 4.79 Å². The Morgan fingerprint density at radius 3 is 2.35 bits per heavy atom. The molecule has 0 unspecified atom stereocenters. The fraction of sp³-hybridized carbons (Fsp3) is 0.333. The van der Waals surface area contributed by atoms with Crippen molar-refractivity contribution in [3.8, 4) is 0 Å². The van der Waals surface area contributed by atoms with Crippen LogP contribution >= 0.6 is 0 Å². The molecule has 1 N–H and O–H groups in total. The van der Waals surface area contributed by atoms with Crippen LogP contribution < -0.4 is 5.32 Å². The molecule has 3 aromatic rings. The molecule has 0 fully saturated rings. The average Bonchev–Trinajstić information content (AvgIpc) is 3.23. The fourth-order valence-corrected chi connectivity index (χ4v) is 3.66. The second kappa shape index (κ2) is 12.0. The van der Waals surface area contributed by atoms with Crippen molar-refractivity contribution >= 4 is 17.6 Å². The lowest BCUT2D eigenvalue weighted by atomic mass is 10.1. The third-order valence-corrected chi connectivity index (χ3v) is 5.51. The van der Waals surface area contributed by atoms with Gasteiger partial charge in [0, 0.05) is 25.9 Å². The van der Waals surface area contributed by atoms with Crippen molar-refractivity contribution in [3.05, 3.63) is 88.9 Å². The van der Waals surface area contributed by atoms with Gasteiger partial charge in [-0.05, 0) is 50.1 Å². The maximum atomic E-state index is 13.4. The monoisotopic (exact) mass is 463 g/mol. The molecule has 3 rings (SSSR count). The number of carbonyl (C=O) groups excluding carboxylic acids is 2. The number of ether oxygens (including phenoxy) is 1. The Hall–Kier alpha value is -3.58. The van der Waals surface area contributed by atoms with Crippen molar-refractivity contribution < 1.29 is 18.7 Å². The minimum absolute atomic E-state index is 0.0768. The van der Waals surface area contributed by atoms with E-state index in [4.69, 9.17) is 9.15 Å². The van der Waals surface area contributed by atoms with Crippen molar-refractivity contribution in [1.82, 2.24) is 9.80 Å². The topological polar surface area (TPSA) is 75.0 Å². The van der Waals surface area contributed by atoms with Gasteiger partial charge in [0.15, 0.2) is 0 Å². The zero-order valence-corrected chi connectivity index (χ0v) is 20.3. The van der Waals surface area contributed by atoms with Crippen LogP contribution in [0.5, 0.6) is 0 Å². The third-order valence-electron chi connectivity index (χ3n) is 5.51. The summed E-state index contributed by atoms with van der Waals surface area (Å²) in [6.45, 7) is 7.09. The van der Waals surface area contributed by atoms with Crippen molar-refractivity contribution in [1.29, 1.82) is 0 Å². The zero-order chi connectivity index (χ0) is 24.5. The molecule has 0 bridgehead atoms. The zero-order valence-electron chi connectivity index (χ0n) is 20.3. The molecule has 7 heteroatoms. The number of methoxy groups -OCH3 is 1. The number of carbonyl (C=O) groups is 2. The smallest absolute Gasteiger partial charge is 0.322 e. The SMILES string of the molecule is COCCN(CC(=O)N(Cc1ccccc1)Cc1ccc(C)o1)C(=O)Nc1ccc(C)cc1C. The van der Waals surface area contributed by atoms with Gasteiger partial charge in [-0.15, -0.1) is 0 Å². The van der Waals surface area contributed by atoms with Crippen LogP contribution in [0.3, 0.4) is 0 Å². The van der Waals surface area contributed by atoms with Gasteiger partial charge in [-0.1, -0.05) is 48.0 Å². The lowest BCUT2D eigenvalue weighted by Gasteiger charge is -2.27. The van der Waals surface area contributed by atoms with Crippen LogP contribution in [-0.4, -0.2) is 48.5 Å². The molecule has 34 heavy (non-hydrogen) atoms. The van der Waals surface area contributed by atoms with Crippen molar-refractivity contribution in [3.63, 3.8) is 0 Å². The molecule has 1 aromatic heterocycles. The third kappa shape index (κ3) is 7.22. The summed E-state index contributed by atoms with van der Waals surface area (Å²) in [6.07, 6.45) is 0. The Balaban J connectivity index is 1.76. The van der Waals surface area contributed by atoms with E-state index < -0.39 is 0 Å². The summed E-state index contributed by atoms with van der Waals surface area (Å²) in [7, 11) is 1.57. The molecule has 180 valence electrons. The van der Waals surface area contributed by atoms with Gasteiger partial charge in [0.25, 0.3) is 0 Å². The molecule has 0 aliphatic heterocycles. The number of furan rings is 1. The van der Waals surface area contributed by atoms with Crippen LogP contribution in [0.2, 0.25) is 0 Å². The summed E-state index contributed by atoms with van der Waals surface area (Å²) in [5, 5.41) is 2.94. The molecule has 3 amide bonds. The number of nitrogens with one attached hydrogen (secondary N) is 1. The van der Waals surface area contributed by atoms with Crippen LogP contribution in [0.4, 0.5) is 10.5 Å². The number of hydrogen-bond donors (Lipinski definition) is 1. The number of rotatable bonds is 10. The predicted octanol–water partition coefficient (Wildman–Crippen LogP) is 4.91. The number of urea groups is 1. The summed E-state index contributed by atoms with van der Waals surface area (Å²) in [4.78, 5) is 29.7. The number of aryl methyl sites for hydroxylation is 3. The van der Waals surface area contributed by atoms with E-state index in [9.17, 15) is 9.59 Å². The summed E-state index contributed by atoms with van der Waals surface area (Å²) >= 11 is 0. The van der Waals surface area contributed by atoms with E-state index in [1.54, 1.807) is 12.0 Å². The Bertz CT molecular complexity index is 1090. The van der Waals surface area contributed by atoms with Crippen molar-refractivity contribution in [2.75, 3.05) is 32.1 Å². The highest BCUT2D eigenvalue weighted by atomic mass is 16.5. The molecule has 0 saturated heterocycles. The molecule has 0 aliphatic carbocycles. The quantitative estimate of drug-likeness (QED) is 0.463. The molecular formula is C27H33N3O4. The fourth-order valence-electron chi connectivity index (χ4n) is 3.66. The largest absolute Gasteiger partial charge is 0.464 e. The van der Waals surface area contributed by atoms with E-state index in [2.05, 4.69) is 5.32 Å². The lowest BCUT2D eigenvalue weighted by Crippen LogP contribution is -2.45. The molecule has 0 aliphatic rings. The van der Waals surface area contributed by atoms with Gasteiger partial charge in [-0.3, -0.25) is 4.79 Å². The molecule has 0 saturated carbocycles. The molecule has 1 heterocycles. The van der Waals surface area contributed by atoms with E-state index in [1.165, 1.54) is 4.90 Å². The van der Waals surface area contributed by atoms with Crippen LogP contribution in [0, 0.1) is 20.8 Å². The van der Waals surface area contributed by atoms with E-state index in [0.717, 1.165) is 28.1 Å². The highest BCUT2D eigenvalue weighted by molar-refractivity contribution is 5.93. The highest BCUT2D eigenvalue weighted by Gasteiger charge is 2.23. The van der Waals surface area contributed by atoms with Crippen LogP contribution in [0.25, 0.3) is 0 Å². The molecule has 7 nitrogen and oxygen atoms in total. The first kappa shape index (κ1) is 25.1. The Morgan fingerprint density at radius 1 is 0.941 bits per heavy atom. The molecule has 0 radical (unpaired) electrons. The van der Waals surface area contributed by atoms with E-state index in [0.29, 0.717) is 25.5 Å². The predicted molar refractivity (Wildman–Crippen MR) is 133 cm³/mol. The van der Waals surface area contributed by atoms with Gasteiger partial charge in [0.05, 0.1) is 13.2 Å². The van der Waals surface area contributed by atoms with E-state index in [1.807, 2.05) is 81.4 Å². The second-order valence-corrected chi connectivity index (χ2v) is 8.41. The number of hydrogen-bond acceptors (Lipinski definition) is 4. The number of anilines is 1. The summed E-state index contributed by atoms with van der Waals surface area (Å²) in [6, 6.07) is 19.0. The van der Waals surface area contributed by atoms with Crippen molar-refractivity contribution in [2.45, 2.75) is 33.9 Å². The van der Waals surface area contributed by atoms with Crippen LogP contribution in [0.15, 0.2) is 65.1 Å². The first-order valence-electron chi connectivity index (χ1n) is 11.3. The number of amides is 3. The normalized spacial score (nSPS) is 10.7.